The van der Waals surface area contributed by atoms with Gasteiger partial charge in [0.1, 0.15) is 23.9 Å². The first kappa shape index (κ1) is 30.5. The number of likely N-dealkylation sites (tertiary alicyclic amines) is 1. The molecule has 0 amide bonds. The predicted molar refractivity (Wildman–Crippen MR) is 154 cm³/mol. The van der Waals surface area contributed by atoms with Crippen LogP contribution in [0.4, 0.5) is 0 Å². The van der Waals surface area contributed by atoms with Crippen LogP contribution in [0, 0.1) is 34.5 Å². The fraction of sp³-hybridized carbons (Fsp3) is 0.758. The summed E-state index contributed by atoms with van der Waals surface area (Å²) in [7, 11) is 8.63. The number of ether oxygens (including phenoxy) is 6. The molecular formula is C33H45NO10. The summed E-state index contributed by atoms with van der Waals surface area (Å²) in [5.74, 6) is -2.96. The SMILES string of the molecule is COC[C@@]12CC[C@H](OC)[C@]34[C@@H]5C[C@@]6(O)[C@H](OC(=O)c7ccccc7)[C@@H]5[C@@](OC(C)=O)([C@H]([C@H](OC)[C@H]13)[C@H]4N(C)C2)[C@@H](O)[C@@H]6OC. The Morgan fingerprint density at radius 3 is 2.36 bits per heavy atom. The van der Waals surface area contributed by atoms with Gasteiger partial charge in [0.15, 0.2) is 5.60 Å². The third-order valence-corrected chi connectivity index (χ3v) is 12.8. The number of aliphatic hydroxyl groups is 2. The van der Waals surface area contributed by atoms with Crippen LogP contribution in [0.3, 0.4) is 0 Å². The number of esters is 2. The van der Waals surface area contributed by atoms with Crippen molar-refractivity contribution < 1.29 is 48.2 Å². The molecular weight excluding hydrogens is 570 g/mol. The Bertz CT molecular complexity index is 1310. The lowest BCUT2D eigenvalue weighted by Gasteiger charge is -2.69. The maximum atomic E-state index is 13.7. The monoisotopic (exact) mass is 615 g/mol. The minimum Gasteiger partial charge on any atom is -0.455 e. The Labute approximate surface area is 258 Å². The van der Waals surface area contributed by atoms with E-state index >= 15 is 0 Å². The van der Waals surface area contributed by atoms with Gasteiger partial charge in [0.25, 0.3) is 0 Å². The van der Waals surface area contributed by atoms with Crippen molar-refractivity contribution in [3.8, 4) is 0 Å². The molecule has 1 saturated heterocycles. The molecule has 11 heteroatoms. The number of benzene rings is 1. The highest BCUT2D eigenvalue weighted by atomic mass is 16.6. The van der Waals surface area contributed by atoms with Crippen LogP contribution in [0.5, 0.6) is 0 Å². The Kier molecular flexibility index (Phi) is 7.07. The molecule has 14 atom stereocenters. The van der Waals surface area contributed by atoms with Crippen molar-refractivity contribution in [2.24, 2.45) is 34.5 Å². The van der Waals surface area contributed by atoms with Gasteiger partial charge in [0, 0.05) is 76.5 Å². The lowest BCUT2D eigenvalue weighted by atomic mass is 9.43. The van der Waals surface area contributed by atoms with Crippen LogP contribution in [0.1, 0.15) is 36.5 Å². The summed E-state index contributed by atoms with van der Waals surface area (Å²) in [4.78, 5) is 29.2. The van der Waals surface area contributed by atoms with Gasteiger partial charge in [-0.15, -0.1) is 0 Å². The zero-order valence-corrected chi connectivity index (χ0v) is 26.3. The Morgan fingerprint density at radius 2 is 1.75 bits per heavy atom. The second kappa shape index (κ2) is 10.2. The van der Waals surface area contributed by atoms with Crippen LogP contribution in [0.2, 0.25) is 0 Å². The number of aliphatic hydroxyl groups excluding tert-OH is 1. The van der Waals surface area contributed by atoms with Crippen LogP contribution < -0.4 is 0 Å². The van der Waals surface area contributed by atoms with Gasteiger partial charge < -0.3 is 43.5 Å². The van der Waals surface area contributed by atoms with Crippen LogP contribution in [0.25, 0.3) is 0 Å². The zero-order valence-electron chi connectivity index (χ0n) is 26.3. The number of rotatable bonds is 8. The number of piperidine rings is 1. The molecule has 2 N–H and O–H groups in total. The van der Waals surface area contributed by atoms with Crippen LogP contribution in [0.15, 0.2) is 30.3 Å². The van der Waals surface area contributed by atoms with Crippen LogP contribution in [-0.2, 0) is 33.2 Å². The van der Waals surface area contributed by atoms with Crippen molar-refractivity contribution in [1.29, 1.82) is 0 Å². The van der Waals surface area contributed by atoms with Gasteiger partial charge in [-0.2, -0.15) is 0 Å². The fourth-order valence-electron chi connectivity index (χ4n) is 12.3. The molecule has 7 rings (SSSR count). The number of nitrogens with zero attached hydrogens (tertiary/aromatic N) is 1. The summed E-state index contributed by atoms with van der Waals surface area (Å²) >= 11 is 0. The molecule has 11 nitrogen and oxygen atoms in total. The first-order valence-electron chi connectivity index (χ1n) is 15.7. The number of hydrogen-bond acceptors (Lipinski definition) is 11. The smallest absolute Gasteiger partial charge is 0.338 e. The molecule has 0 unspecified atom stereocenters. The van der Waals surface area contributed by atoms with E-state index in [1.165, 1.54) is 14.0 Å². The number of hydrogen-bond donors (Lipinski definition) is 2. The number of carbonyl (C=O) groups excluding carboxylic acids is 2. The van der Waals surface area contributed by atoms with Crippen molar-refractivity contribution in [3.05, 3.63) is 35.9 Å². The molecule has 6 fully saturated rings. The van der Waals surface area contributed by atoms with E-state index in [0.29, 0.717) is 12.2 Å². The summed E-state index contributed by atoms with van der Waals surface area (Å²) < 4.78 is 37.5. The summed E-state index contributed by atoms with van der Waals surface area (Å²) in [5, 5.41) is 25.1. The van der Waals surface area contributed by atoms with E-state index in [1.807, 2.05) is 6.07 Å². The Morgan fingerprint density at radius 1 is 1.02 bits per heavy atom. The number of methoxy groups -OCH3 is 4. The topological polar surface area (TPSA) is 133 Å². The van der Waals surface area contributed by atoms with Gasteiger partial charge in [0.2, 0.25) is 0 Å². The first-order chi connectivity index (χ1) is 21.0. The van der Waals surface area contributed by atoms with E-state index in [0.717, 1.165) is 19.4 Å². The highest BCUT2D eigenvalue weighted by Gasteiger charge is 2.91. The molecule has 242 valence electrons. The normalized spacial score (nSPS) is 49.9. The maximum Gasteiger partial charge on any atom is 0.338 e. The summed E-state index contributed by atoms with van der Waals surface area (Å²) in [6.45, 7) is 2.56. The average Bonchev–Trinajstić information content (AvgIpc) is 3.39. The molecule has 1 heterocycles. The molecule has 0 aromatic heterocycles. The molecule has 5 saturated carbocycles. The second-order valence-corrected chi connectivity index (χ2v) is 14.2. The molecule has 44 heavy (non-hydrogen) atoms. The van der Waals surface area contributed by atoms with Crippen molar-refractivity contribution in [2.45, 2.75) is 73.9 Å². The standard InChI is InChI=1S/C33H45NO10/c1-17(35)44-33-21-19(14-31(38,28(42-6)26(33)36)27(21)43-29(37)18-10-8-7-9-11-18)32-20(40-4)12-13-30(16-39-3)15-34(2)25(32)22(33)23(41-5)24(30)32/h7-11,19-28,36,38H,12-16H2,1-6H3/t19-,20+,21-,22-,23+,24-,25-,26+,27-,28+,30+,31-,32-,33-/m1/s1. The molecule has 1 aromatic rings. The van der Waals surface area contributed by atoms with Gasteiger partial charge in [-0.1, -0.05) is 18.2 Å². The summed E-state index contributed by atoms with van der Waals surface area (Å²) in [5.41, 5.74) is -3.93. The summed E-state index contributed by atoms with van der Waals surface area (Å²) in [6.07, 6.45) is -2.66. The van der Waals surface area contributed by atoms with E-state index in [9.17, 15) is 19.8 Å². The minimum absolute atomic E-state index is 0.103. The van der Waals surface area contributed by atoms with Gasteiger partial charge in [-0.25, -0.2) is 4.79 Å². The quantitative estimate of drug-likeness (QED) is 0.410. The molecule has 1 spiro atoms. The van der Waals surface area contributed by atoms with E-state index in [2.05, 4.69) is 11.9 Å². The molecule has 5 aliphatic carbocycles. The van der Waals surface area contributed by atoms with Crippen molar-refractivity contribution in [3.63, 3.8) is 0 Å². The Hall–Kier alpha value is -2.12. The fourth-order valence-corrected chi connectivity index (χ4v) is 12.3. The van der Waals surface area contributed by atoms with E-state index in [1.54, 1.807) is 45.6 Å². The van der Waals surface area contributed by atoms with Crippen molar-refractivity contribution in [1.82, 2.24) is 4.90 Å². The van der Waals surface area contributed by atoms with Gasteiger partial charge in [-0.05, 0) is 44.4 Å². The summed E-state index contributed by atoms with van der Waals surface area (Å²) in [6, 6.07) is 8.39. The maximum absolute atomic E-state index is 13.7. The molecule has 1 aliphatic heterocycles. The molecule has 7 bridgehead atoms. The highest BCUT2D eigenvalue weighted by molar-refractivity contribution is 5.89. The number of carbonyl (C=O) groups is 2. The average molecular weight is 616 g/mol. The molecule has 6 aliphatic rings. The van der Waals surface area contributed by atoms with E-state index < -0.39 is 64.8 Å². The first-order valence-corrected chi connectivity index (χ1v) is 15.7. The Balaban J connectivity index is 1.51. The van der Waals surface area contributed by atoms with E-state index in [4.69, 9.17) is 28.4 Å². The third-order valence-electron chi connectivity index (χ3n) is 12.8. The third kappa shape index (κ3) is 3.41. The number of fused-ring (bicyclic) bond motifs is 2. The van der Waals surface area contributed by atoms with E-state index in [-0.39, 0.29) is 35.8 Å². The van der Waals surface area contributed by atoms with Crippen molar-refractivity contribution in [2.75, 3.05) is 48.6 Å². The molecule has 1 aromatic carbocycles. The van der Waals surface area contributed by atoms with Gasteiger partial charge in [-0.3, -0.25) is 4.79 Å². The second-order valence-electron chi connectivity index (χ2n) is 14.2. The van der Waals surface area contributed by atoms with Gasteiger partial charge >= 0.3 is 11.9 Å². The van der Waals surface area contributed by atoms with Gasteiger partial charge in [0.05, 0.1) is 24.4 Å². The van der Waals surface area contributed by atoms with Crippen molar-refractivity contribution >= 4 is 11.9 Å². The highest BCUT2D eigenvalue weighted by Crippen LogP contribution is 2.80. The largest absolute Gasteiger partial charge is 0.455 e. The predicted octanol–water partition coefficient (Wildman–Crippen LogP) is 1.29. The zero-order chi connectivity index (χ0) is 31.4. The minimum atomic E-state index is -1.76. The van der Waals surface area contributed by atoms with Crippen LogP contribution >= 0.6 is 0 Å². The lowest BCUT2D eigenvalue weighted by molar-refractivity contribution is -0.316. The molecule has 0 radical (unpaired) electrons. The lowest BCUT2D eigenvalue weighted by Crippen LogP contribution is -2.80. The van der Waals surface area contributed by atoms with Crippen LogP contribution in [-0.4, -0.2) is 123 Å².